The Morgan fingerprint density at radius 1 is 1.47 bits per heavy atom. The van der Waals surface area contributed by atoms with Crippen LogP contribution in [0.5, 0.6) is 0 Å². The van der Waals surface area contributed by atoms with Crippen LogP contribution in [0.15, 0.2) is 27.7 Å². The molecule has 92 valence electrons. The minimum absolute atomic E-state index is 0.828. The lowest BCUT2D eigenvalue weighted by Crippen LogP contribution is -2.41. The van der Waals surface area contributed by atoms with Crippen LogP contribution in [-0.4, -0.2) is 31.0 Å². The zero-order chi connectivity index (χ0) is 12.3. The standard InChI is InChI=1S/C13H18BrN3/c1-10-4-5-12(14)8-11(10)9-16-13-15-6-3-7-17(13)2/h4-5,8H,3,6-7,9H2,1-2H3,(H,15,16). The SMILES string of the molecule is Cc1ccc(Br)cc1CNC1=NCCCN1C. The van der Waals surface area contributed by atoms with Crippen molar-refractivity contribution in [1.82, 2.24) is 10.2 Å². The van der Waals surface area contributed by atoms with Crippen LogP contribution in [0.2, 0.25) is 0 Å². The molecule has 0 spiro atoms. The van der Waals surface area contributed by atoms with E-state index in [-0.39, 0.29) is 0 Å². The molecular formula is C13H18BrN3. The molecule has 1 aliphatic rings. The molecule has 0 atom stereocenters. The van der Waals surface area contributed by atoms with Gasteiger partial charge in [0.15, 0.2) is 5.96 Å². The second-order valence-electron chi connectivity index (χ2n) is 4.40. The lowest BCUT2D eigenvalue weighted by atomic mass is 10.1. The maximum atomic E-state index is 4.50. The summed E-state index contributed by atoms with van der Waals surface area (Å²) in [6, 6.07) is 6.36. The van der Waals surface area contributed by atoms with E-state index in [1.165, 1.54) is 11.1 Å². The Kier molecular flexibility index (Phi) is 4.05. The van der Waals surface area contributed by atoms with Crippen molar-refractivity contribution in [3.05, 3.63) is 33.8 Å². The highest BCUT2D eigenvalue weighted by Crippen LogP contribution is 2.16. The van der Waals surface area contributed by atoms with Crippen molar-refractivity contribution in [3.63, 3.8) is 0 Å². The largest absolute Gasteiger partial charge is 0.352 e. The Hall–Kier alpha value is -1.03. The number of rotatable bonds is 2. The highest BCUT2D eigenvalue weighted by Gasteiger charge is 2.10. The molecule has 1 aromatic carbocycles. The lowest BCUT2D eigenvalue weighted by Gasteiger charge is -2.25. The summed E-state index contributed by atoms with van der Waals surface area (Å²) in [4.78, 5) is 6.67. The fourth-order valence-electron chi connectivity index (χ4n) is 1.92. The normalized spacial score (nSPS) is 15.7. The van der Waals surface area contributed by atoms with Gasteiger partial charge in [0.25, 0.3) is 0 Å². The van der Waals surface area contributed by atoms with Crippen LogP contribution < -0.4 is 5.32 Å². The summed E-state index contributed by atoms with van der Waals surface area (Å²) in [5, 5.41) is 3.41. The van der Waals surface area contributed by atoms with Gasteiger partial charge in [-0.25, -0.2) is 0 Å². The van der Waals surface area contributed by atoms with Gasteiger partial charge in [0.05, 0.1) is 0 Å². The van der Waals surface area contributed by atoms with Crippen molar-refractivity contribution in [1.29, 1.82) is 0 Å². The molecule has 2 rings (SSSR count). The van der Waals surface area contributed by atoms with Gasteiger partial charge in [-0.1, -0.05) is 22.0 Å². The number of hydrogen-bond acceptors (Lipinski definition) is 3. The summed E-state index contributed by atoms with van der Waals surface area (Å²) >= 11 is 3.51. The summed E-state index contributed by atoms with van der Waals surface area (Å²) in [5.41, 5.74) is 2.61. The van der Waals surface area contributed by atoms with Gasteiger partial charge in [-0.2, -0.15) is 0 Å². The Bertz CT molecular complexity index is 429. The van der Waals surface area contributed by atoms with E-state index < -0.39 is 0 Å². The van der Waals surface area contributed by atoms with Gasteiger partial charge in [0.2, 0.25) is 0 Å². The van der Waals surface area contributed by atoms with Crippen molar-refractivity contribution in [2.75, 3.05) is 20.1 Å². The van der Waals surface area contributed by atoms with Crippen molar-refractivity contribution in [3.8, 4) is 0 Å². The second kappa shape index (κ2) is 5.54. The quantitative estimate of drug-likeness (QED) is 0.908. The van der Waals surface area contributed by atoms with Crippen molar-refractivity contribution >= 4 is 21.9 Å². The number of benzene rings is 1. The molecule has 1 heterocycles. The van der Waals surface area contributed by atoms with E-state index in [9.17, 15) is 0 Å². The maximum Gasteiger partial charge on any atom is 0.193 e. The minimum Gasteiger partial charge on any atom is -0.352 e. The third kappa shape index (κ3) is 3.22. The first kappa shape index (κ1) is 12.4. The highest BCUT2D eigenvalue weighted by molar-refractivity contribution is 9.10. The molecular weight excluding hydrogens is 278 g/mol. The minimum atomic E-state index is 0.828. The smallest absolute Gasteiger partial charge is 0.193 e. The number of nitrogens with one attached hydrogen (secondary N) is 1. The average molecular weight is 296 g/mol. The van der Waals surface area contributed by atoms with Gasteiger partial charge in [-0.15, -0.1) is 0 Å². The fourth-order valence-corrected chi connectivity index (χ4v) is 2.32. The second-order valence-corrected chi connectivity index (χ2v) is 5.32. The molecule has 0 amide bonds. The number of guanidine groups is 1. The zero-order valence-electron chi connectivity index (χ0n) is 10.3. The fraction of sp³-hybridized carbons (Fsp3) is 0.462. The third-order valence-electron chi connectivity index (χ3n) is 3.02. The predicted molar refractivity (Wildman–Crippen MR) is 75.3 cm³/mol. The molecule has 0 saturated carbocycles. The zero-order valence-corrected chi connectivity index (χ0v) is 11.9. The Balaban J connectivity index is 2.02. The molecule has 0 fully saturated rings. The van der Waals surface area contributed by atoms with Crippen molar-refractivity contribution in [2.45, 2.75) is 19.9 Å². The highest BCUT2D eigenvalue weighted by atomic mass is 79.9. The van der Waals surface area contributed by atoms with Crippen LogP contribution in [0.1, 0.15) is 17.5 Å². The molecule has 1 aromatic rings. The van der Waals surface area contributed by atoms with E-state index >= 15 is 0 Å². The lowest BCUT2D eigenvalue weighted by molar-refractivity contribution is 0.446. The Morgan fingerprint density at radius 3 is 3.06 bits per heavy atom. The molecule has 0 aromatic heterocycles. The van der Waals surface area contributed by atoms with Crippen LogP contribution in [0, 0.1) is 6.92 Å². The molecule has 1 aliphatic heterocycles. The van der Waals surface area contributed by atoms with E-state index in [0.717, 1.165) is 36.5 Å². The first-order chi connectivity index (χ1) is 8.16. The first-order valence-corrected chi connectivity index (χ1v) is 6.70. The predicted octanol–water partition coefficient (Wildman–Crippen LogP) is 2.54. The van der Waals surface area contributed by atoms with E-state index in [4.69, 9.17) is 0 Å². The molecule has 0 saturated heterocycles. The van der Waals surface area contributed by atoms with E-state index in [0.29, 0.717) is 0 Å². The summed E-state index contributed by atoms with van der Waals surface area (Å²) in [6.07, 6.45) is 1.15. The van der Waals surface area contributed by atoms with E-state index in [2.05, 4.69) is 63.3 Å². The van der Waals surface area contributed by atoms with Crippen molar-refractivity contribution in [2.24, 2.45) is 4.99 Å². The maximum absolute atomic E-state index is 4.50. The molecule has 0 aliphatic carbocycles. The van der Waals surface area contributed by atoms with Gasteiger partial charge >= 0.3 is 0 Å². The summed E-state index contributed by atoms with van der Waals surface area (Å²) in [6.45, 7) is 4.98. The topological polar surface area (TPSA) is 27.6 Å². The summed E-state index contributed by atoms with van der Waals surface area (Å²) in [5.74, 6) is 1.01. The molecule has 4 heteroatoms. The number of halogens is 1. The number of aliphatic imine (C=N–C) groups is 1. The van der Waals surface area contributed by atoms with Crippen molar-refractivity contribution < 1.29 is 0 Å². The van der Waals surface area contributed by atoms with Gasteiger partial charge in [0, 0.05) is 31.2 Å². The molecule has 1 N–H and O–H groups in total. The summed E-state index contributed by atoms with van der Waals surface area (Å²) in [7, 11) is 2.08. The van der Waals surface area contributed by atoms with Crippen LogP contribution in [-0.2, 0) is 6.54 Å². The van der Waals surface area contributed by atoms with Crippen LogP contribution in [0.4, 0.5) is 0 Å². The van der Waals surface area contributed by atoms with E-state index in [1.54, 1.807) is 0 Å². The summed E-state index contributed by atoms with van der Waals surface area (Å²) < 4.78 is 1.12. The van der Waals surface area contributed by atoms with Gasteiger partial charge in [0.1, 0.15) is 0 Å². The molecule has 0 unspecified atom stereocenters. The average Bonchev–Trinajstić information content (AvgIpc) is 2.32. The van der Waals surface area contributed by atoms with Crippen LogP contribution in [0.25, 0.3) is 0 Å². The molecule has 0 radical (unpaired) electrons. The molecule has 3 nitrogen and oxygen atoms in total. The van der Waals surface area contributed by atoms with Gasteiger partial charge in [-0.3, -0.25) is 4.99 Å². The number of hydrogen-bond donors (Lipinski definition) is 1. The molecule has 0 bridgehead atoms. The molecule has 17 heavy (non-hydrogen) atoms. The first-order valence-electron chi connectivity index (χ1n) is 5.91. The third-order valence-corrected chi connectivity index (χ3v) is 3.52. The van der Waals surface area contributed by atoms with Gasteiger partial charge in [-0.05, 0) is 36.6 Å². The Labute approximate surface area is 111 Å². The van der Waals surface area contributed by atoms with E-state index in [1.807, 2.05) is 0 Å². The van der Waals surface area contributed by atoms with Crippen LogP contribution in [0.3, 0.4) is 0 Å². The van der Waals surface area contributed by atoms with Crippen LogP contribution >= 0.6 is 15.9 Å². The Morgan fingerprint density at radius 2 is 2.29 bits per heavy atom. The number of nitrogens with zero attached hydrogens (tertiary/aromatic N) is 2. The van der Waals surface area contributed by atoms with Gasteiger partial charge < -0.3 is 10.2 Å². The number of aryl methyl sites for hydroxylation is 1. The monoisotopic (exact) mass is 295 g/mol.